The lowest BCUT2D eigenvalue weighted by molar-refractivity contribution is 0.723. The average molecular weight is 211 g/mol. The van der Waals surface area contributed by atoms with Crippen LogP contribution in [0.25, 0.3) is 5.82 Å². The summed E-state index contributed by atoms with van der Waals surface area (Å²) in [5, 5.41) is 9.10. The summed E-state index contributed by atoms with van der Waals surface area (Å²) in [6.07, 6.45) is 0. The maximum absolute atomic E-state index is 11.3. The maximum atomic E-state index is 11.3. The fourth-order valence-electron chi connectivity index (χ4n) is 1.17. The van der Waals surface area contributed by atoms with Crippen molar-refractivity contribution in [1.82, 2.24) is 24.5 Å². The standard InChI is InChI=1S/C7H9N5OS/c1-4-3-5(10-11(4)2)12-6(13)8-9-7(12)14/h3H,1-2H3,(H,8,13)(H,9,14). The molecule has 0 atom stereocenters. The monoisotopic (exact) mass is 211 g/mol. The molecule has 2 rings (SSSR count). The molecular weight excluding hydrogens is 202 g/mol. The molecule has 74 valence electrons. The number of aryl methyl sites for hydroxylation is 2. The smallest absolute Gasteiger partial charge is 0.272 e. The predicted octanol–water partition coefficient (Wildman–Crippen LogP) is 0.265. The van der Waals surface area contributed by atoms with E-state index in [9.17, 15) is 4.79 Å². The van der Waals surface area contributed by atoms with Crippen molar-refractivity contribution >= 4 is 12.2 Å². The first-order chi connectivity index (χ1) is 6.59. The lowest BCUT2D eigenvalue weighted by Crippen LogP contribution is -2.15. The van der Waals surface area contributed by atoms with Crippen molar-refractivity contribution in [3.05, 3.63) is 27.0 Å². The van der Waals surface area contributed by atoms with Crippen LogP contribution in [0.1, 0.15) is 5.69 Å². The van der Waals surface area contributed by atoms with E-state index in [2.05, 4.69) is 15.3 Å². The molecule has 0 saturated carbocycles. The minimum absolute atomic E-state index is 0.312. The van der Waals surface area contributed by atoms with Gasteiger partial charge in [-0.15, -0.1) is 0 Å². The average Bonchev–Trinajstić information content (AvgIpc) is 2.59. The highest BCUT2D eigenvalue weighted by Crippen LogP contribution is 2.04. The summed E-state index contributed by atoms with van der Waals surface area (Å²) in [5.41, 5.74) is 0.649. The Bertz CT molecular complexity index is 524. The lowest BCUT2D eigenvalue weighted by Gasteiger charge is -1.91. The van der Waals surface area contributed by atoms with Crippen LogP contribution in [0, 0.1) is 11.7 Å². The van der Waals surface area contributed by atoms with Crippen molar-refractivity contribution in [3.8, 4) is 5.82 Å². The van der Waals surface area contributed by atoms with E-state index in [-0.39, 0.29) is 5.69 Å². The number of H-pyrrole nitrogens is 2. The molecule has 0 spiro atoms. The summed E-state index contributed by atoms with van der Waals surface area (Å²) >= 11 is 4.93. The van der Waals surface area contributed by atoms with Crippen molar-refractivity contribution in [3.63, 3.8) is 0 Å². The number of hydrogen-bond acceptors (Lipinski definition) is 3. The molecule has 0 bridgehead atoms. The van der Waals surface area contributed by atoms with Crippen LogP contribution in [0.5, 0.6) is 0 Å². The van der Waals surface area contributed by atoms with E-state index in [1.165, 1.54) is 4.57 Å². The van der Waals surface area contributed by atoms with Crippen LogP contribution in [0.3, 0.4) is 0 Å². The second-order valence-electron chi connectivity index (χ2n) is 2.96. The van der Waals surface area contributed by atoms with Crippen LogP contribution in [-0.2, 0) is 7.05 Å². The number of nitrogens with zero attached hydrogens (tertiary/aromatic N) is 3. The van der Waals surface area contributed by atoms with E-state index in [4.69, 9.17) is 12.2 Å². The zero-order valence-corrected chi connectivity index (χ0v) is 8.55. The molecule has 7 heteroatoms. The fourth-order valence-corrected chi connectivity index (χ4v) is 1.40. The van der Waals surface area contributed by atoms with E-state index in [0.717, 1.165) is 5.69 Å². The summed E-state index contributed by atoms with van der Waals surface area (Å²) in [6, 6.07) is 1.79. The highest BCUT2D eigenvalue weighted by Gasteiger charge is 2.07. The van der Waals surface area contributed by atoms with Gasteiger partial charge in [-0.2, -0.15) is 5.10 Å². The zero-order chi connectivity index (χ0) is 10.3. The molecule has 0 saturated heterocycles. The normalized spacial score (nSPS) is 10.7. The molecule has 14 heavy (non-hydrogen) atoms. The third kappa shape index (κ3) is 1.22. The van der Waals surface area contributed by atoms with Crippen molar-refractivity contribution in [1.29, 1.82) is 0 Å². The van der Waals surface area contributed by atoms with Gasteiger partial charge in [0.25, 0.3) is 0 Å². The Hall–Kier alpha value is -1.63. The molecule has 6 nitrogen and oxygen atoms in total. The molecule has 0 aromatic carbocycles. The van der Waals surface area contributed by atoms with Crippen LogP contribution >= 0.6 is 12.2 Å². The molecule has 0 aliphatic rings. The van der Waals surface area contributed by atoms with E-state index < -0.39 is 0 Å². The molecule has 0 radical (unpaired) electrons. The van der Waals surface area contributed by atoms with Crippen LogP contribution in [-0.4, -0.2) is 24.5 Å². The minimum atomic E-state index is -0.312. The second kappa shape index (κ2) is 2.95. The van der Waals surface area contributed by atoms with E-state index in [0.29, 0.717) is 10.6 Å². The highest BCUT2D eigenvalue weighted by atomic mass is 32.1. The Labute approximate surface area is 84.2 Å². The Morgan fingerprint density at radius 1 is 1.50 bits per heavy atom. The summed E-state index contributed by atoms with van der Waals surface area (Å²) in [5.74, 6) is 0.525. The molecule has 2 aromatic rings. The van der Waals surface area contributed by atoms with Gasteiger partial charge in [-0.1, -0.05) is 0 Å². The van der Waals surface area contributed by atoms with E-state index >= 15 is 0 Å². The Morgan fingerprint density at radius 3 is 2.64 bits per heavy atom. The molecule has 0 fully saturated rings. The van der Waals surface area contributed by atoms with E-state index in [1.54, 1.807) is 10.7 Å². The third-order valence-electron chi connectivity index (χ3n) is 2.01. The molecule has 0 aliphatic heterocycles. The Morgan fingerprint density at radius 2 is 2.21 bits per heavy atom. The topological polar surface area (TPSA) is 71.4 Å². The largest absolute Gasteiger partial charge is 0.348 e. The number of rotatable bonds is 1. The summed E-state index contributed by atoms with van der Waals surface area (Å²) < 4.78 is 3.30. The SMILES string of the molecule is Cc1cc(-n2c(=O)[nH][nH]c2=S)nn1C. The molecule has 2 aromatic heterocycles. The Kier molecular flexibility index (Phi) is 1.88. The molecule has 2 heterocycles. The Balaban J connectivity index is 2.72. The number of aromatic nitrogens is 5. The van der Waals surface area contributed by atoms with Crippen LogP contribution in [0.2, 0.25) is 0 Å². The van der Waals surface area contributed by atoms with Gasteiger partial charge in [0.15, 0.2) is 5.82 Å². The van der Waals surface area contributed by atoms with Crippen LogP contribution in [0.4, 0.5) is 0 Å². The van der Waals surface area contributed by atoms with E-state index in [1.807, 2.05) is 14.0 Å². The molecule has 0 amide bonds. The maximum Gasteiger partial charge on any atom is 0.348 e. The molecular formula is C7H9N5OS. The van der Waals surface area contributed by atoms with Crippen LogP contribution < -0.4 is 5.69 Å². The summed E-state index contributed by atoms with van der Waals surface area (Å²) in [7, 11) is 1.81. The second-order valence-corrected chi connectivity index (χ2v) is 3.35. The number of aromatic amines is 2. The first-order valence-corrected chi connectivity index (χ1v) is 4.41. The minimum Gasteiger partial charge on any atom is -0.272 e. The molecule has 0 unspecified atom stereocenters. The van der Waals surface area contributed by atoms with Gasteiger partial charge in [0, 0.05) is 18.8 Å². The van der Waals surface area contributed by atoms with Gasteiger partial charge in [0.2, 0.25) is 4.77 Å². The van der Waals surface area contributed by atoms with Gasteiger partial charge < -0.3 is 0 Å². The van der Waals surface area contributed by atoms with Gasteiger partial charge in [-0.05, 0) is 19.1 Å². The summed E-state index contributed by atoms with van der Waals surface area (Å²) in [4.78, 5) is 11.3. The lowest BCUT2D eigenvalue weighted by atomic mass is 10.4. The van der Waals surface area contributed by atoms with Gasteiger partial charge in [-0.3, -0.25) is 9.78 Å². The van der Waals surface area contributed by atoms with Crippen LogP contribution in [0.15, 0.2) is 10.9 Å². The third-order valence-corrected chi connectivity index (χ3v) is 2.30. The predicted molar refractivity (Wildman–Crippen MR) is 53.1 cm³/mol. The van der Waals surface area contributed by atoms with Crippen molar-refractivity contribution in [2.24, 2.45) is 7.05 Å². The number of hydrogen-bond donors (Lipinski definition) is 2. The van der Waals surface area contributed by atoms with Crippen molar-refractivity contribution < 1.29 is 0 Å². The zero-order valence-electron chi connectivity index (χ0n) is 7.74. The first kappa shape index (κ1) is 8.95. The fraction of sp³-hybridized carbons (Fsp3) is 0.286. The molecule has 2 N–H and O–H groups in total. The summed E-state index contributed by atoms with van der Waals surface area (Å²) in [6.45, 7) is 1.90. The first-order valence-electron chi connectivity index (χ1n) is 4.00. The van der Waals surface area contributed by atoms with Gasteiger partial charge >= 0.3 is 5.69 Å². The number of nitrogens with one attached hydrogen (secondary N) is 2. The van der Waals surface area contributed by atoms with Crippen molar-refractivity contribution in [2.75, 3.05) is 0 Å². The van der Waals surface area contributed by atoms with Crippen molar-refractivity contribution in [2.45, 2.75) is 6.92 Å². The molecule has 0 aliphatic carbocycles. The van der Waals surface area contributed by atoms with Gasteiger partial charge in [-0.25, -0.2) is 14.5 Å². The quantitative estimate of drug-likeness (QED) is 0.665. The van der Waals surface area contributed by atoms with Gasteiger partial charge in [0.1, 0.15) is 0 Å². The highest BCUT2D eigenvalue weighted by molar-refractivity contribution is 7.71. The van der Waals surface area contributed by atoms with Gasteiger partial charge in [0.05, 0.1) is 0 Å².